The molecule has 0 radical (unpaired) electrons. The van der Waals surface area contributed by atoms with Crippen LogP contribution in [0.2, 0.25) is 0 Å². The molecule has 5 heteroatoms. The Morgan fingerprint density at radius 3 is 2.55 bits per heavy atom. The van der Waals surface area contributed by atoms with E-state index < -0.39 is 0 Å². The van der Waals surface area contributed by atoms with Crippen LogP contribution in [0.15, 0.2) is 29.0 Å². The summed E-state index contributed by atoms with van der Waals surface area (Å²) in [5, 5.41) is 3.50. The first-order valence-electron chi connectivity index (χ1n) is 6.71. The number of halogens is 1. The quantitative estimate of drug-likeness (QED) is 0.931. The number of aryl methyl sites for hydroxylation is 1. The summed E-state index contributed by atoms with van der Waals surface area (Å²) in [6.07, 6.45) is 3.77. The highest BCUT2D eigenvalue weighted by Crippen LogP contribution is 2.12. The maximum atomic E-state index is 4.43. The Hall–Kier alpha value is -1.20. The van der Waals surface area contributed by atoms with E-state index in [-0.39, 0.29) is 5.54 Å². The van der Waals surface area contributed by atoms with Gasteiger partial charge in [-0.3, -0.25) is 4.98 Å². The van der Waals surface area contributed by atoms with Gasteiger partial charge in [0.05, 0.1) is 17.9 Å². The van der Waals surface area contributed by atoms with Crippen molar-refractivity contribution in [3.05, 3.63) is 46.2 Å². The highest BCUT2D eigenvalue weighted by atomic mass is 79.9. The Kier molecular flexibility index (Phi) is 4.60. The number of aromatic nitrogens is 3. The zero-order valence-corrected chi connectivity index (χ0v) is 14.0. The van der Waals surface area contributed by atoms with E-state index in [0.29, 0.717) is 0 Å². The van der Waals surface area contributed by atoms with Gasteiger partial charge in [0.1, 0.15) is 5.82 Å². The van der Waals surface area contributed by atoms with Crippen molar-refractivity contribution < 1.29 is 0 Å². The molecule has 4 nitrogen and oxygen atoms in total. The lowest BCUT2D eigenvalue weighted by Crippen LogP contribution is -2.35. The fraction of sp³-hybridized carbons (Fsp3) is 0.467. The van der Waals surface area contributed by atoms with Crippen molar-refractivity contribution in [2.75, 3.05) is 0 Å². The second-order valence-corrected chi connectivity index (χ2v) is 6.87. The number of imidazole rings is 1. The Morgan fingerprint density at radius 1 is 1.20 bits per heavy atom. The standard InChI is InChI=1S/C15H21BrN4/c1-11-17-8-14(9-19-15(2,3)4)20(11)10-13-6-5-12(16)7-18-13/h5-8,19H,9-10H2,1-4H3. The monoisotopic (exact) mass is 336 g/mol. The van der Waals surface area contributed by atoms with Gasteiger partial charge in [0.2, 0.25) is 0 Å². The van der Waals surface area contributed by atoms with Gasteiger partial charge in [-0.2, -0.15) is 0 Å². The van der Waals surface area contributed by atoms with E-state index in [4.69, 9.17) is 0 Å². The average Bonchev–Trinajstić information content (AvgIpc) is 2.70. The number of hydrogen-bond acceptors (Lipinski definition) is 3. The molecule has 2 rings (SSSR count). The fourth-order valence-electron chi connectivity index (χ4n) is 1.89. The lowest BCUT2D eigenvalue weighted by Gasteiger charge is -2.21. The SMILES string of the molecule is Cc1ncc(CNC(C)(C)C)n1Cc1ccc(Br)cn1. The molecule has 0 saturated carbocycles. The van der Waals surface area contributed by atoms with Crippen LogP contribution in [-0.2, 0) is 13.1 Å². The number of hydrogen-bond donors (Lipinski definition) is 1. The van der Waals surface area contributed by atoms with Gasteiger partial charge in [-0.15, -0.1) is 0 Å². The third kappa shape index (κ3) is 4.15. The van der Waals surface area contributed by atoms with E-state index in [1.165, 1.54) is 5.69 Å². The zero-order chi connectivity index (χ0) is 14.8. The first-order valence-corrected chi connectivity index (χ1v) is 7.51. The second kappa shape index (κ2) is 6.06. The lowest BCUT2D eigenvalue weighted by atomic mass is 10.1. The van der Waals surface area contributed by atoms with Gasteiger partial charge in [0.25, 0.3) is 0 Å². The molecule has 20 heavy (non-hydrogen) atoms. The topological polar surface area (TPSA) is 42.7 Å². The van der Waals surface area contributed by atoms with Gasteiger partial charge < -0.3 is 9.88 Å². The fourth-order valence-corrected chi connectivity index (χ4v) is 2.12. The molecule has 108 valence electrons. The maximum absolute atomic E-state index is 4.43. The van der Waals surface area contributed by atoms with Crippen LogP contribution in [0.1, 0.15) is 38.0 Å². The van der Waals surface area contributed by atoms with Crippen LogP contribution in [0.25, 0.3) is 0 Å². The van der Waals surface area contributed by atoms with E-state index in [9.17, 15) is 0 Å². The molecule has 2 heterocycles. The summed E-state index contributed by atoms with van der Waals surface area (Å²) in [5.74, 6) is 1.01. The predicted octanol–water partition coefficient (Wildman–Crippen LogP) is 3.29. The Morgan fingerprint density at radius 2 is 1.95 bits per heavy atom. The van der Waals surface area contributed by atoms with Crippen LogP contribution >= 0.6 is 15.9 Å². The van der Waals surface area contributed by atoms with Crippen molar-refractivity contribution in [3.8, 4) is 0 Å². The van der Waals surface area contributed by atoms with Gasteiger partial charge in [-0.1, -0.05) is 0 Å². The summed E-state index contributed by atoms with van der Waals surface area (Å²) < 4.78 is 3.20. The lowest BCUT2D eigenvalue weighted by molar-refractivity contribution is 0.416. The van der Waals surface area contributed by atoms with Crippen LogP contribution in [0.5, 0.6) is 0 Å². The third-order valence-corrected chi connectivity index (χ3v) is 3.52. The molecule has 0 atom stereocenters. The number of nitrogens with zero attached hydrogens (tertiary/aromatic N) is 3. The van der Waals surface area contributed by atoms with Crippen LogP contribution in [0.3, 0.4) is 0 Å². The summed E-state index contributed by atoms with van der Waals surface area (Å²) in [6.45, 7) is 10.1. The van der Waals surface area contributed by atoms with Gasteiger partial charge in [0, 0.05) is 29.0 Å². The minimum Gasteiger partial charge on any atom is -0.325 e. The van der Waals surface area contributed by atoms with Gasteiger partial charge >= 0.3 is 0 Å². The molecule has 0 spiro atoms. The largest absolute Gasteiger partial charge is 0.325 e. The van der Waals surface area contributed by atoms with Crippen LogP contribution in [-0.4, -0.2) is 20.1 Å². The number of nitrogens with one attached hydrogen (secondary N) is 1. The Balaban J connectivity index is 2.14. The summed E-state index contributed by atoms with van der Waals surface area (Å²) in [6, 6.07) is 4.05. The smallest absolute Gasteiger partial charge is 0.106 e. The maximum Gasteiger partial charge on any atom is 0.106 e. The number of pyridine rings is 1. The van der Waals surface area contributed by atoms with Gasteiger partial charge in [0.15, 0.2) is 0 Å². The minimum atomic E-state index is 0.0961. The molecule has 2 aromatic heterocycles. The molecule has 1 N–H and O–H groups in total. The summed E-state index contributed by atoms with van der Waals surface area (Å²) in [7, 11) is 0. The van der Waals surface area contributed by atoms with Gasteiger partial charge in [-0.05, 0) is 55.8 Å². The second-order valence-electron chi connectivity index (χ2n) is 5.95. The van der Waals surface area contributed by atoms with Gasteiger partial charge in [-0.25, -0.2) is 4.98 Å². The van der Waals surface area contributed by atoms with Crippen LogP contribution in [0.4, 0.5) is 0 Å². The van der Waals surface area contributed by atoms with Crippen molar-refractivity contribution in [2.45, 2.75) is 46.3 Å². The van der Waals surface area contributed by atoms with Crippen molar-refractivity contribution in [1.29, 1.82) is 0 Å². The van der Waals surface area contributed by atoms with E-state index in [2.05, 4.69) is 56.6 Å². The molecule has 2 aromatic rings. The van der Waals surface area contributed by atoms with E-state index in [1.807, 2.05) is 31.5 Å². The van der Waals surface area contributed by atoms with Crippen LogP contribution in [0, 0.1) is 6.92 Å². The summed E-state index contributed by atoms with van der Waals surface area (Å²) >= 11 is 3.41. The Labute approximate surface area is 128 Å². The van der Waals surface area contributed by atoms with Crippen molar-refractivity contribution >= 4 is 15.9 Å². The van der Waals surface area contributed by atoms with E-state index in [0.717, 1.165) is 29.1 Å². The molecule has 0 aliphatic heterocycles. The summed E-state index contributed by atoms with van der Waals surface area (Å²) in [5.41, 5.74) is 2.31. The first kappa shape index (κ1) is 15.2. The predicted molar refractivity (Wildman–Crippen MR) is 84.6 cm³/mol. The van der Waals surface area contributed by atoms with Crippen molar-refractivity contribution in [1.82, 2.24) is 19.9 Å². The molecule has 0 aliphatic rings. The van der Waals surface area contributed by atoms with Crippen molar-refractivity contribution in [3.63, 3.8) is 0 Å². The molecule has 0 unspecified atom stereocenters. The normalized spacial score (nSPS) is 11.8. The van der Waals surface area contributed by atoms with E-state index in [1.54, 1.807) is 0 Å². The molecular formula is C15H21BrN4. The molecule has 0 saturated heterocycles. The zero-order valence-electron chi connectivity index (χ0n) is 12.4. The Bertz CT molecular complexity index is 567. The van der Waals surface area contributed by atoms with E-state index >= 15 is 0 Å². The van der Waals surface area contributed by atoms with Crippen molar-refractivity contribution in [2.24, 2.45) is 0 Å². The molecule has 0 amide bonds. The number of rotatable bonds is 4. The molecule has 0 aliphatic carbocycles. The van der Waals surface area contributed by atoms with Crippen LogP contribution < -0.4 is 5.32 Å². The average molecular weight is 337 g/mol. The third-order valence-electron chi connectivity index (χ3n) is 3.05. The first-order chi connectivity index (χ1) is 9.35. The highest BCUT2D eigenvalue weighted by Gasteiger charge is 2.12. The molecule has 0 fully saturated rings. The molecule has 0 aromatic carbocycles. The highest BCUT2D eigenvalue weighted by molar-refractivity contribution is 9.10. The molecular weight excluding hydrogens is 316 g/mol. The summed E-state index contributed by atoms with van der Waals surface area (Å²) in [4.78, 5) is 8.85. The molecule has 0 bridgehead atoms. The minimum absolute atomic E-state index is 0.0961.